The van der Waals surface area contributed by atoms with Crippen molar-refractivity contribution in [2.45, 2.75) is 31.3 Å². The van der Waals surface area contributed by atoms with Crippen LogP contribution in [0.5, 0.6) is 0 Å². The summed E-state index contributed by atoms with van der Waals surface area (Å²) in [5.41, 5.74) is 3.41. The second-order valence-corrected chi connectivity index (χ2v) is 8.29. The van der Waals surface area contributed by atoms with Crippen LogP contribution < -0.4 is 10.2 Å². The van der Waals surface area contributed by atoms with Gasteiger partial charge in [-0.2, -0.15) is 5.10 Å². The molecule has 31 heavy (non-hydrogen) atoms. The van der Waals surface area contributed by atoms with Gasteiger partial charge in [-0.05, 0) is 43.2 Å². The molecule has 6 nitrogen and oxygen atoms in total. The first kappa shape index (κ1) is 21.1. The number of fused-ring (bicyclic) bond motifs is 1. The van der Waals surface area contributed by atoms with Crippen molar-refractivity contribution in [1.82, 2.24) is 15.1 Å². The molecule has 8 heteroatoms. The van der Waals surface area contributed by atoms with E-state index in [0.717, 1.165) is 27.7 Å². The Morgan fingerprint density at radius 3 is 2.65 bits per heavy atom. The summed E-state index contributed by atoms with van der Waals surface area (Å²) in [6.07, 6.45) is 0.848. The molecule has 1 aliphatic rings. The minimum atomic E-state index is -0.301. The normalized spacial score (nSPS) is 13.2. The van der Waals surface area contributed by atoms with Crippen molar-refractivity contribution in [2.24, 2.45) is 0 Å². The Labute approximate surface area is 184 Å². The lowest BCUT2D eigenvalue weighted by Crippen LogP contribution is -2.37. The Balaban J connectivity index is 1.38. The maximum Gasteiger partial charge on any atom is 0.237 e. The van der Waals surface area contributed by atoms with Crippen LogP contribution in [0, 0.1) is 12.7 Å². The maximum atomic E-state index is 13.0. The summed E-state index contributed by atoms with van der Waals surface area (Å²) < 4.78 is 14.8. The third kappa shape index (κ3) is 4.80. The zero-order valence-electron chi connectivity index (χ0n) is 17.2. The van der Waals surface area contributed by atoms with E-state index >= 15 is 0 Å². The van der Waals surface area contributed by atoms with Gasteiger partial charge in [0.2, 0.25) is 11.8 Å². The molecule has 1 aliphatic heterocycles. The van der Waals surface area contributed by atoms with Crippen LogP contribution in [0.3, 0.4) is 0 Å². The summed E-state index contributed by atoms with van der Waals surface area (Å²) in [7, 11) is 0. The fourth-order valence-corrected chi connectivity index (χ4v) is 4.62. The zero-order valence-corrected chi connectivity index (χ0v) is 18.0. The number of thioether (sulfide) groups is 1. The molecule has 1 aromatic heterocycles. The van der Waals surface area contributed by atoms with Gasteiger partial charge in [-0.1, -0.05) is 42.1 Å². The lowest BCUT2D eigenvalue weighted by molar-refractivity contribution is -0.121. The van der Waals surface area contributed by atoms with Gasteiger partial charge < -0.3 is 10.2 Å². The smallest absolute Gasteiger partial charge is 0.237 e. The van der Waals surface area contributed by atoms with Gasteiger partial charge in [-0.3, -0.25) is 9.59 Å². The molecule has 0 fully saturated rings. The van der Waals surface area contributed by atoms with Crippen molar-refractivity contribution in [3.63, 3.8) is 0 Å². The first-order chi connectivity index (χ1) is 15.0. The van der Waals surface area contributed by atoms with Crippen molar-refractivity contribution in [3.8, 4) is 5.69 Å². The van der Waals surface area contributed by atoms with Gasteiger partial charge in [0.05, 0.1) is 22.8 Å². The summed E-state index contributed by atoms with van der Waals surface area (Å²) in [4.78, 5) is 26.6. The molecule has 2 heterocycles. The highest BCUT2D eigenvalue weighted by atomic mass is 32.2. The molecule has 0 aliphatic carbocycles. The number of carbonyl (C=O) groups is 2. The molecule has 0 bridgehead atoms. The maximum absolute atomic E-state index is 13.0. The molecule has 0 unspecified atom stereocenters. The monoisotopic (exact) mass is 438 g/mol. The number of para-hydroxylation sites is 1. The molecule has 0 saturated carbocycles. The van der Waals surface area contributed by atoms with Gasteiger partial charge >= 0.3 is 0 Å². The summed E-state index contributed by atoms with van der Waals surface area (Å²) in [5.74, 6) is -0.0217. The Morgan fingerprint density at radius 1 is 1.16 bits per heavy atom. The summed E-state index contributed by atoms with van der Waals surface area (Å²) in [5, 5.41) is 8.44. The van der Waals surface area contributed by atoms with E-state index in [2.05, 4.69) is 10.4 Å². The first-order valence-electron chi connectivity index (χ1n) is 10.1. The molecule has 2 aromatic carbocycles. The molecule has 3 aromatic rings. The minimum absolute atomic E-state index is 0.0277. The van der Waals surface area contributed by atoms with E-state index in [0.29, 0.717) is 31.7 Å². The van der Waals surface area contributed by atoms with E-state index in [1.54, 1.807) is 17.0 Å². The molecular formula is C23H23FN4O2S. The van der Waals surface area contributed by atoms with Crippen molar-refractivity contribution in [2.75, 3.05) is 17.2 Å². The van der Waals surface area contributed by atoms with Crippen LogP contribution in [-0.2, 0) is 16.1 Å². The van der Waals surface area contributed by atoms with E-state index < -0.39 is 0 Å². The van der Waals surface area contributed by atoms with Crippen molar-refractivity contribution < 1.29 is 14.0 Å². The average molecular weight is 439 g/mol. The van der Waals surface area contributed by atoms with Gasteiger partial charge in [0.1, 0.15) is 10.8 Å². The quantitative estimate of drug-likeness (QED) is 0.608. The number of aryl methyl sites for hydroxylation is 1. The predicted molar refractivity (Wildman–Crippen MR) is 119 cm³/mol. The van der Waals surface area contributed by atoms with Crippen LogP contribution in [0.15, 0.2) is 59.6 Å². The van der Waals surface area contributed by atoms with Gasteiger partial charge in [-0.15, -0.1) is 0 Å². The molecule has 0 radical (unpaired) electrons. The number of benzene rings is 2. The first-order valence-corrected chi connectivity index (χ1v) is 11.1. The Morgan fingerprint density at radius 2 is 1.90 bits per heavy atom. The zero-order chi connectivity index (χ0) is 21.8. The van der Waals surface area contributed by atoms with Gasteiger partial charge in [0, 0.05) is 19.5 Å². The lowest BCUT2D eigenvalue weighted by Gasteiger charge is -2.27. The highest BCUT2D eigenvalue weighted by Crippen LogP contribution is 2.39. The van der Waals surface area contributed by atoms with Crippen LogP contribution in [0.1, 0.15) is 24.1 Å². The molecule has 0 atom stereocenters. The SMILES string of the molecule is Cc1nn(-c2ccccc2)c2c1N(CCCC(=O)NCc1ccc(F)cc1)C(=O)CS2. The number of carbonyl (C=O) groups excluding carboxylic acids is 2. The van der Waals surface area contributed by atoms with E-state index in [4.69, 9.17) is 0 Å². The lowest BCUT2D eigenvalue weighted by atomic mass is 10.2. The van der Waals surface area contributed by atoms with Crippen molar-refractivity contribution in [1.29, 1.82) is 0 Å². The van der Waals surface area contributed by atoms with Crippen LogP contribution in [0.2, 0.25) is 0 Å². The second kappa shape index (κ2) is 9.34. The average Bonchev–Trinajstić information content (AvgIpc) is 3.12. The van der Waals surface area contributed by atoms with Gasteiger partial charge in [0.25, 0.3) is 0 Å². The van der Waals surface area contributed by atoms with E-state index in [-0.39, 0.29) is 17.6 Å². The van der Waals surface area contributed by atoms with Crippen LogP contribution >= 0.6 is 11.8 Å². The summed E-state index contributed by atoms with van der Waals surface area (Å²) in [6, 6.07) is 15.9. The number of anilines is 1. The number of hydrogen-bond acceptors (Lipinski definition) is 4. The number of hydrogen-bond donors (Lipinski definition) is 1. The number of amides is 2. The number of nitrogens with zero attached hydrogens (tertiary/aromatic N) is 3. The topological polar surface area (TPSA) is 67.2 Å². The molecule has 0 spiro atoms. The highest BCUT2D eigenvalue weighted by Gasteiger charge is 2.31. The Bertz CT molecular complexity index is 1080. The van der Waals surface area contributed by atoms with Crippen molar-refractivity contribution >= 4 is 29.3 Å². The summed E-state index contributed by atoms with van der Waals surface area (Å²) >= 11 is 1.49. The van der Waals surface area contributed by atoms with E-state index in [1.807, 2.05) is 41.9 Å². The molecule has 0 saturated heterocycles. The third-order valence-electron chi connectivity index (χ3n) is 5.08. The van der Waals surface area contributed by atoms with E-state index in [1.165, 1.54) is 23.9 Å². The number of aromatic nitrogens is 2. The van der Waals surface area contributed by atoms with Gasteiger partial charge in [-0.25, -0.2) is 9.07 Å². The highest BCUT2D eigenvalue weighted by molar-refractivity contribution is 8.00. The van der Waals surface area contributed by atoms with Crippen molar-refractivity contribution in [3.05, 3.63) is 71.7 Å². The third-order valence-corrected chi connectivity index (χ3v) is 6.11. The molecule has 160 valence electrons. The fourth-order valence-electron chi connectivity index (χ4n) is 3.54. The number of nitrogens with one attached hydrogen (secondary N) is 1. The second-order valence-electron chi connectivity index (χ2n) is 7.33. The molecule has 4 rings (SSSR count). The van der Waals surface area contributed by atoms with E-state index in [9.17, 15) is 14.0 Å². The predicted octanol–water partition coefficient (Wildman–Crippen LogP) is 3.86. The van der Waals surface area contributed by atoms with Gasteiger partial charge in [0.15, 0.2) is 0 Å². The molecule has 2 amide bonds. The van der Waals surface area contributed by atoms with Crippen LogP contribution in [0.25, 0.3) is 5.69 Å². The Kier molecular flexibility index (Phi) is 6.36. The van der Waals surface area contributed by atoms with Crippen LogP contribution in [-0.4, -0.2) is 33.9 Å². The fraction of sp³-hybridized carbons (Fsp3) is 0.261. The summed E-state index contributed by atoms with van der Waals surface area (Å²) in [6.45, 7) is 2.71. The number of rotatable bonds is 7. The Hall–Kier alpha value is -3.13. The largest absolute Gasteiger partial charge is 0.352 e. The standard InChI is InChI=1S/C23H23FN4O2S/c1-16-22-23(28(26-16)19-6-3-2-4-7-19)31-15-21(30)27(22)13-5-8-20(29)25-14-17-9-11-18(24)12-10-17/h2-4,6-7,9-12H,5,8,13-15H2,1H3,(H,25,29). The number of halogens is 1. The minimum Gasteiger partial charge on any atom is -0.352 e. The molecule has 1 N–H and O–H groups in total. The van der Waals surface area contributed by atoms with Crippen LogP contribution in [0.4, 0.5) is 10.1 Å². The molecular weight excluding hydrogens is 415 g/mol.